The summed E-state index contributed by atoms with van der Waals surface area (Å²) in [5.41, 5.74) is 1.62. The number of amides is 2. The van der Waals surface area contributed by atoms with E-state index in [0.717, 1.165) is 5.56 Å². The molecule has 0 unspecified atom stereocenters. The highest BCUT2D eigenvalue weighted by Crippen LogP contribution is 2.22. The molecule has 170 valence electrons. The molecule has 3 rings (SSSR count). The summed E-state index contributed by atoms with van der Waals surface area (Å²) < 4.78 is 5.22. The standard InChI is InChI=1S/C25H25N3O5/c1-25(2,3)19-11-9-18(10-12-19)23(29)27-22(24(30)26-16-21-8-5-13-33-21)15-17-6-4-7-20(14-17)28(31)32/h4-15H,16H2,1-3H3,(H,26,30)(H,27,29). The van der Waals surface area contributed by atoms with E-state index in [2.05, 4.69) is 31.4 Å². The number of furan rings is 1. The minimum atomic E-state index is -0.558. The molecule has 0 atom stereocenters. The van der Waals surface area contributed by atoms with E-state index in [-0.39, 0.29) is 23.3 Å². The third-order valence-electron chi connectivity index (χ3n) is 4.90. The first-order valence-corrected chi connectivity index (χ1v) is 10.3. The molecule has 0 aliphatic carbocycles. The normalized spacial score (nSPS) is 11.7. The quantitative estimate of drug-likeness (QED) is 0.313. The van der Waals surface area contributed by atoms with E-state index >= 15 is 0 Å². The van der Waals surface area contributed by atoms with Crippen molar-refractivity contribution in [3.05, 3.63) is 105 Å². The van der Waals surface area contributed by atoms with Crippen molar-refractivity contribution in [3.63, 3.8) is 0 Å². The number of hydrogen-bond donors (Lipinski definition) is 2. The minimum absolute atomic E-state index is 0.0491. The Morgan fingerprint density at radius 2 is 1.79 bits per heavy atom. The van der Waals surface area contributed by atoms with Gasteiger partial charge in [0.15, 0.2) is 0 Å². The van der Waals surface area contributed by atoms with Crippen LogP contribution in [0.1, 0.15) is 48.0 Å². The fourth-order valence-corrected chi connectivity index (χ4v) is 3.05. The molecule has 1 heterocycles. The van der Waals surface area contributed by atoms with Gasteiger partial charge in [-0.05, 0) is 46.9 Å². The fourth-order valence-electron chi connectivity index (χ4n) is 3.05. The Morgan fingerprint density at radius 3 is 2.39 bits per heavy atom. The molecule has 0 aliphatic rings. The molecule has 0 saturated heterocycles. The van der Waals surface area contributed by atoms with Crippen LogP contribution >= 0.6 is 0 Å². The van der Waals surface area contributed by atoms with E-state index < -0.39 is 16.7 Å². The molecule has 0 bridgehead atoms. The van der Waals surface area contributed by atoms with Crippen molar-refractivity contribution in [2.24, 2.45) is 0 Å². The largest absolute Gasteiger partial charge is 0.467 e. The molecule has 0 aliphatic heterocycles. The topological polar surface area (TPSA) is 114 Å². The van der Waals surface area contributed by atoms with Gasteiger partial charge in [-0.2, -0.15) is 0 Å². The van der Waals surface area contributed by atoms with E-state index in [1.54, 1.807) is 30.3 Å². The Kier molecular flexibility index (Phi) is 7.07. The second-order valence-corrected chi connectivity index (χ2v) is 8.45. The van der Waals surface area contributed by atoms with Crippen LogP contribution in [0.5, 0.6) is 0 Å². The number of carbonyl (C=O) groups excluding carboxylic acids is 2. The summed E-state index contributed by atoms with van der Waals surface area (Å²) in [7, 11) is 0. The van der Waals surface area contributed by atoms with Gasteiger partial charge in [-0.1, -0.05) is 45.0 Å². The summed E-state index contributed by atoms with van der Waals surface area (Å²) in [4.78, 5) is 36.3. The first-order chi connectivity index (χ1) is 15.6. The predicted molar refractivity (Wildman–Crippen MR) is 124 cm³/mol. The molecule has 0 spiro atoms. The summed E-state index contributed by atoms with van der Waals surface area (Å²) in [6, 6.07) is 16.3. The van der Waals surface area contributed by atoms with Gasteiger partial charge in [-0.3, -0.25) is 19.7 Å². The van der Waals surface area contributed by atoms with Crippen molar-refractivity contribution in [1.82, 2.24) is 10.6 Å². The lowest BCUT2D eigenvalue weighted by Crippen LogP contribution is -2.34. The van der Waals surface area contributed by atoms with Gasteiger partial charge in [0.25, 0.3) is 17.5 Å². The number of carbonyl (C=O) groups is 2. The van der Waals surface area contributed by atoms with Crippen molar-refractivity contribution in [1.29, 1.82) is 0 Å². The summed E-state index contributed by atoms with van der Waals surface area (Å²) in [6.07, 6.45) is 2.89. The molecule has 3 aromatic rings. The monoisotopic (exact) mass is 447 g/mol. The molecule has 0 fully saturated rings. The summed E-state index contributed by atoms with van der Waals surface area (Å²) >= 11 is 0. The van der Waals surface area contributed by atoms with Gasteiger partial charge in [0, 0.05) is 17.7 Å². The number of nitro groups is 1. The molecule has 8 nitrogen and oxygen atoms in total. The van der Waals surface area contributed by atoms with Crippen LogP contribution in [0.2, 0.25) is 0 Å². The Morgan fingerprint density at radius 1 is 1.06 bits per heavy atom. The Balaban J connectivity index is 1.85. The summed E-state index contributed by atoms with van der Waals surface area (Å²) in [5, 5.41) is 16.4. The highest BCUT2D eigenvalue weighted by molar-refractivity contribution is 6.05. The van der Waals surface area contributed by atoms with Crippen LogP contribution < -0.4 is 10.6 Å². The molecule has 8 heteroatoms. The molecule has 1 aromatic heterocycles. The number of nitro benzene ring substituents is 1. The molecule has 0 saturated carbocycles. The van der Waals surface area contributed by atoms with Crippen LogP contribution in [-0.4, -0.2) is 16.7 Å². The van der Waals surface area contributed by atoms with Gasteiger partial charge in [-0.15, -0.1) is 0 Å². The molecule has 2 N–H and O–H groups in total. The zero-order valence-corrected chi connectivity index (χ0v) is 18.6. The third-order valence-corrected chi connectivity index (χ3v) is 4.90. The number of nitrogens with zero attached hydrogens (tertiary/aromatic N) is 1. The van der Waals surface area contributed by atoms with Crippen molar-refractivity contribution in [2.45, 2.75) is 32.7 Å². The maximum Gasteiger partial charge on any atom is 0.270 e. The second-order valence-electron chi connectivity index (χ2n) is 8.45. The number of non-ortho nitro benzene ring substituents is 1. The zero-order chi connectivity index (χ0) is 24.0. The van der Waals surface area contributed by atoms with Gasteiger partial charge in [-0.25, -0.2) is 0 Å². The Hall–Kier alpha value is -4.20. The molecule has 2 amide bonds. The summed E-state index contributed by atoms with van der Waals surface area (Å²) in [5.74, 6) is -0.486. The van der Waals surface area contributed by atoms with Crippen molar-refractivity contribution >= 4 is 23.6 Å². The number of nitrogens with one attached hydrogen (secondary N) is 2. The van der Waals surface area contributed by atoms with Crippen LogP contribution in [0.3, 0.4) is 0 Å². The lowest BCUT2D eigenvalue weighted by Gasteiger charge is -2.19. The average Bonchev–Trinajstić information content (AvgIpc) is 3.30. The first kappa shape index (κ1) is 23.5. The van der Waals surface area contributed by atoms with E-state index in [1.807, 2.05) is 12.1 Å². The number of hydrogen-bond acceptors (Lipinski definition) is 5. The highest BCUT2D eigenvalue weighted by Gasteiger charge is 2.18. The van der Waals surface area contributed by atoms with Crippen LogP contribution in [0, 0.1) is 10.1 Å². The molecule has 33 heavy (non-hydrogen) atoms. The molecular weight excluding hydrogens is 422 g/mol. The van der Waals surface area contributed by atoms with Crippen LogP contribution in [0.25, 0.3) is 6.08 Å². The Labute approximate surface area is 191 Å². The average molecular weight is 447 g/mol. The van der Waals surface area contributed by atoms with Crippen molar-refractivity contribution in [3.8, 4) is 0 Å². The predicted octanol–water partition coefficient (Wildman–Crippen LogP) is 4.57. The van der Waals surface area contributed by atoms with Gasteiger partial charge in [0.05, 0.1) is 17.7 Å². The van der Waals surface area contributed by atoms with Crippen LogP contribution in [0.15, 0.2) is 77.0 Å². The lowest BCUT2D eigenvalue weighted by molar-refractivity contribution is -0.384. The smallest absolute Gasteiger partial charge is 0.270 e. The number of benzene rings is 2. The van der Waals surface area contributed by atoms with Gasteiger partial charge in [0.1, 0.15) is 11.5 Å². The van der Waals surface area contributed by atoms with Gasteiger partial charge >= 0.3 is 0 Å². The van der Waals surface area contributed by atoms with E-state index in [1.165, 1.54) is 30.5 Å². The molecule has 0 radical (unpaired) electrons. The van der Waals surface area contributed by atoms with Gasteiger partial charge in [0.2, 0.25) is 0 Å². The summed E-state index contributed by atoms with van der Waals surface area (Å²) in [6.45, 7) is 6.34. The maximum atomic E-state index is 12.9. The fraction of sp³-hybridized carbons (Fsp3) is 0.200. The van der Waals surface area contributed by atoms with Crippen LogP contribution in [0.4, 0.5) is 5.69 Å². The van der Waals surface area contributed by atoms with Gasteiger partial charge < -0.3 is 15.1 Å². The van der Waals surface area contributed by atoms with E-state index in [4.69, 9.17) is 4.42 Å². The molecular formula is C25H25N3O5. The zero-order valence-electron chi connectivity index (χ0n) is 18.6. The van der Waals surface area contributed by atoms with Crippen molar-refractivity contribution < 1.29 is 18.9 Å². The molecule has 2 aromatic carbocycles. The lowest BCUT2D eigenvalue weighted by atomic mass is 9.87. The van der Waals surface area contributed by atoms with E-state index in [9.17, 15) is 19.7 Å². The minimum Gasteiger partial charge on any atom is -0.467 e. The van der Waals surface area contributed by atoms with E-state index in [0.29, 0.717) is 16.9 Å². The van der Waals surface area contributed by atoms with Crippen LogP contribution in [-0.2, 0) is 16.8 Å². The van der Waals surface area contributed by atoms with Crippen molar-refractivity contribution in [2.75, 3.05) is 0 Å². The SMILES string of the molecule is CC(C)(C)c1ccc(C(=O)NC(=Cc2cccc([N+](=O)[O-])c2)C(=O)NCc2ccco2)cc1. The first-order valence-electron chi connectivity index (χ1n) is 10.3. The third kappa shape index (κ3) is 6.39. The number of rotatable bonds is 7. The second kappa shape index (κ2) is 9.95. The highest BCUT2D eigenvalue weighted by atomic mass is 16.6. The maximum absolute atomic E-state index is 12.9. The Bertz CT molecular complexity index is 1170.